The first-order valence-corrected chi connectivity index (χ1v) is 7.73. The second kappa shape index (κ2) is 7.02. The molecule has 0 bridgehead atoms. The van der Waals surface area contributed by atoms with Crippen molar-refractivity contribution in [2.24, 2.45) is 5.92 Å². The summed E-state index contributed by atoms with van der Waals surface area (Å²) < 4.78 is 13.9. The molecule has 21 heavy (non-hydrogen) atoms. The van der Waals surface area contributed by atoms with Gasteiger partial charge in [-0.2, -0.15) is 0 Å². The second-order valence-corrected chi connectivity index (χ2v) is 6.17. The summed E-state index contributed by atoms with van der Waals surface area (Å²) in [6.07, 6.45) is 2.48. The van der Waals surface area contributed by atoms with Gasteiger partial charge in [0.1, 0.15) is 5.82 Å². The van der Waals surface area contributed by atoms with Crippen LogP contribution in [0.5, 0.6) is 0 Å². The van der Waals surface area contributed by atoms with E-state index in [2.05, 4.69) is 15.9 Å². The Hall–Kier alpha value is -1.43. The van der Waals surface area contributed by atoms with Gasteiger partial charge in [0, 0.05) is 24.0 Å². The number of amides is 1. The number of halogens is 2. The highest BCUT2D eigenvalue weighted by Crippen LogP contribution is 2.25. The molecule has 1 fully saturated rings. The fourth-order valence-electron chi connectivity index (χ4n) is 2.64. The van der Waals surface area contributed by atoms with Gasteiger partial charge in [-0.25, -0.2) is 4.39 Å². The van der Waals surface area contributed by atoms with E-state index in [-0.39, 0.29) is 18.2 Å². The van der Waals surface area contributed by atoms with Gasteiger partial charge in [0.25, 0.3) is 5.91 Å². The minimum atomic E-state index is -0.814. The van der Waals surface area contributed by atoms with Crippen LogP contribution in [0.3, 0.4) is 0 Å². The van der Waals surface area contributed by atoms with Crippen molar-refractivity contribution in [2.45, 2.75) is 25.7 Å². The molecule has 1 aliphatic heterocycles. The third-order valence-corrected chi connectivity index (χ3v) is 4.42. The Morgan fingerprint density at radius 1 is 1.43 bits per heavy atom. The van der Waals surface area contributed by atoms with E-state index in [4.69, 9.17) is 5.11 Å². The lowest BCUT2D eigenvalue weighted by Crippen LogP contribution is -2.40. The molecule has 1 atom stereocenters. The van der Waals surface area contributed by atoms with E-state index >= 15 is 0 Å². The number of carboxylic acids is 1. The third kappa shape index (κ3) is 4.27. The zero-order chi connectivity index (χ0) is 15.4. The molecule has 1 heterocycles. The van der Waals surface area contributed by atoms with Gasteiger partial charge in [-0.15, -0.1) is 0 Å². The number of hydrogen-bond acceptors (Lipinski definition) is 2. The van der Waals surface area contributed by atoms with E-state index < -0.39 is 11.8 Å². The summed E-state index contributed by atoms with van der Waals surface area (Å²) in [7, 11) is 0. The number of likely N-dealkylation sites (tertiary alicyclic amines) is 1. The number of nitrogens with zero attached hydrogens (tertiary/aromatic N) is 1. The van der Waals surface area contributed by atoms with Crippen LogP contribution in [0, 0.1) is 11.7 Å². The largest absolute Gasteiger partial charge is 0.481 e. The molecule has 1 aliphatic rings. The van der Waals surface area contributed by atoms with Crippen LogP contribution in [0.4, 0.5) is 4.39 Å². The molecule has 0 aliphatic carbocycles. The van der Waals surface area contributed by atoms with Gasteiger partial charge < -0.3 is 10.0 Å². The topological polar surface area (TPSA) is 57.6 Å². The molecular formula is C15H17BrFNO3. The van der Waals surface area contributed by atoms with E-state index in [1.807, 2.05) is 0 Å². The highest BCUT2D eigenvalue weighted by molar-refractivity contribution is 9.10. The summed E-state index contributed by atoms with van der Waals surface area (Å²) in [6.45, 7) is 1.17. The Bertz CT molecular complexity index is 550. The first-order valence-electron chi connectivity index (χ1n) is 6.93. The summed E-state index contributed by atoms with van der Waals surface area (Å²) in [6, 6.07) is 4.05. The van der Waals surface area contributed by atoms with Gasteiger partial charge in [-0.05, 0) is 59.3 Å². The Morgan fingerprint density at radius 2 is 2.19 bits per heavy atom. The first kappa shape index (κ1) is 15.9. The Morgan fingerprint density at radius 3 is 2.90 bits per heavy atom. The standard InChI is InChI=1S/C15H17BrFNO3/c16-13-5-4-11(17)8-12(13)15(21)18-7-1-2-10(9-18)3-6-14(19)20/h4-5,8,10H,1-3,6-7,9H2,(H,19,20)/t10-/m0/s1. The number of piperidine rings is 1. The van der Waals surface area contributed by atoms with E-state index in [1.165, 1.54) is 18.2 Å². The van der Waals surface area contributed by atoms with Crippen molar-refractivity contribution in [1.82, 2.24) is 4.90 Å². The molecule has 0 saturated carbocycles. The zero-order valence-electron chi connectivity index (χ0n) is 11.5. The van der Waals surface area contributed by atoms with Gasteiger partial charge in [0.2, 0.25) is 0 Å². The zero-order valence-corrected chi connectivity index (χ0v) is 13.1. The molecule has 0 aromatic heterocycles. The van der Waals surface area contributed by atoms with E-state index in [0.717, 1.165) is 12.8 Å². The second-order valence-electron chi connectivity index (χ2n) is 5.32. The molecule has 0 radical (unpaired) electrons. The number of hydrogen-bond donors (Lipinski definition) is 1. The van der Waals surface area contributed by atoms with Gasteiger partial charge >= 0.3 is 5.97 Å². The van der Waals surface area contributed by atoms with Gasteiger partial charge in [0.05, 0.1) is 5.56 Å². The summed E-state index contributed by atoms with van der Waals surface area (Å²) in [5.41, 5.74) is 0.314. The van der Waals surface area contributed by atoms with Crippen molar-refractivity contribution in [3.63, 3.8) is 0 Å². The number of carbonyl (C=O) groups excluding carboxylic acids is 1. The molecule has 4 nitrogen and oxygen atoms in total. The van der Waals surface area contributed by atoms with Crippen molar-refractivity contribution in [3.8, 4) is 0 Å². The maximum atomic E-state index is 13.3. The predicted molar refractivity (Wildman–Crippen MR) is 79.6 cm³/mol. The van der Waals surface area contributed by atoms with Crippen LogP contribution < -0.4 is 0 Å². The molecule has 1 aromatic carbocycles. The molecule has 1 amide bonds. The van der Waals surface area contributed by atoms with Crippen LogP contribution in [0.2, 0.25) is 0 Å². The van der Waals surface area contributed by atoms with Crippen molar-refractivity contribution in [2.75, 3.05) is 13.1 Å². The normalized spacial score (nSPS) is 18.6. The van der Waals surface area contributed by atoms with Crippen LogP contribution in [-0.4, -0.2) is 35.0 Å². The van der Waals surface area contributed by atoms with Crippen molar-refractivity contribution >= 4 is 27.8 Å². The molecule has 6 heteroatoms. The SMILES string of the molecule is O=C(O)CC[C@@H]1CCCN(C(=O)c2cc(F)ccc2Br)C1. The maximum absolute atomic E-state index is 13.3. The van der Waals surface area contributed by atoms with E-state index in [0.29, 0.717) is 29.5 Å². The summed E-state index contributed by atoms with van der Waals surface area (Å²) in [4.78, 5) is 24.8. The number of aliphatic carboxylic acids is 1. The van der Waals surface area contributed by atoms with Crippen LogP contribution >= 0.6 is 15.9 Å². The first-order chi connectivity index (χ1) is 9.97. The molecule has 114 valence electrons. The highest BCUT2D eigenvalue weighted by atomic mass is 79.9. The number of carboxylic acid groups (broad SMARTS) is 1. The Kier molecular flexibility index (Phi) is 5.33. The van der Waals surface area contributed by atoms with Gasteiger partial charge in [-0.1, -0.05) is 0 Å². The fourth-order valence-corrected chi connectivity index (χ4v) is 3.06. The maximum Gasteiger partial charge on any atom is 0.303 e. The molecule has 1 N–H and O–H groups in total. The average Bonchev–Trinajstić information content (AvgIpc) is 2.47. The van der Waals surface area contributed by atoms with Gasteiger partial charge in [-0.3, -0.25) is 9.59 Å². The van der Waals surface area contributed by atoms with Crippen LogP contribution in [0.1, 0.15) is 36.0 Å². The van der Waals surface area contributed by atoms with E-state index in [9.17, 15) is 14.0 Å². The summed E-state index contributed by atoms with van der Waals surface area (Å²) in [5, 5.41) is 8.74. The highest BCUT2D eigenvalue weighted by Gasteiger charge is 2.26. The minimum Gasteiger partial charge on any atom is -0.481 e. The quantitative estimate of drug-likeness (QED) is 0.899. The fraction of sp³-hybridized carbons (Fsp3) is 0.467. The minimum absolute atomic E-state index is 0.121. The lowest BCUT2D eigenvalue weighted by Gasteiger charge is -2.33. The number of rotatable bonds is 4. The monoisotopic (exact) mass is 357 g/mol. The Labute approximate surface area is 131 Å². The average molecular weight is 358 g/mol. The number of benzene rings is 1. The smallest absolute Gasteiger partial charge is 0.303 e. The van der Waals surface area contributed by atoms with Crippen molar-refractivity contribution < 1.29 is 19.1 Å². The van der Waals surface area contributed by atoms with Crippen molar-refractivity contribution in [3.05, 3.63) is 34.1 Å². The Balaban J connectivity index is 2.05. The molecule has 2 rings (SSSR count). The molecule has 1 aromatic rings. The van der Waals surface area contributed by atoms with Crippen LogP contribution in [0.15, 0.2) is 22.7 Å². The summed E-state index contributed by atoms with van der Waals surface area (Å²) in [5.74, 6) is -1.26. The third-order valence-electron chi connectivity index (χ3n) is 3.73. The lowest BCUT2D eigenvalue weighted by molar-refractivity contribution is -0.137. The van der Waals surface area contributed by atoms with Gasteiger partial charge in [0.15, 0.2) is 0 Å². The predicted octanol–water partition coefficient (Wildman–Crippen LogP) is 3.31. The molecule has 1 saturated heterocycles. The summed E-state index contributed by atoms with van der Waals surface area (Å²) >= 11 is 3.27. The molecule has 0 spiro atoms. The van der Waals surface area contributed by atoms with E-state index in [1.54, 1.807) is 4.90 Å². The lowest BCUT2D eigenvalue weighted by atomic mass is 9.93. The number of carbonyl (C=O) groups is 2. The molecular weight excluding hydrogens is 341 g/mol. The molecule has 0 unspecified atom stereocenters. The van der Waals surface area contributed by atoms with Crippen LogP contribution in [-0.2, 0) is 4.79 Å². The van der Waals surface area contributed by atoms with Crippen LogP contribution in [0.25, 0.3) is 0 Å². The van der Waals surface area contributed by atoms with Crippen molar-refractivity contribution in [1.29, 1.82) is 0 Å².